The molecule has 5 nitrogen and oxygen atoms in total. The number of benzene rings is 1. The van der Waals surface area contributed by atoms with Crippen molar-refractivity contribution >= 4 is 11.6 Å². The van der Waals surface area contributed by atoms with E-state index in [0.29, 0.717) is 0 Å². The predicted octanol–water partition coefficient (Wildman–Crippen LogP) is 4.27. The van der Waals surface area contributed by atoms with Crippen LogP contribution in [0.25, 0.3) is 5.69 Å². The molecule has 0 N–H and O–H groups in total. The van der Waals surface area contributed by atoms with E-state index in [0.717, 1.165) is 48.0 Å². The maximum Gasteiger partial charge on any atom is 0.176 e. The number of rotatable bonds is 3. The zero-order chi connectivity index (χ0) is 17.3. The van der Waals surface area contributed by atoms with Gasteiger partial charge in [-0.15, -0.1) is 5.10 Å². The lowest BCUT2D eigenvalue weighted by Gasteiger charge is -2.47. The van der Waals surface area contributed by atoms with Gasteiger partial charge in [-0.05, 0) is 73.8 Å². The molecule has 2 aromatic rings. The van der Waals surface area contributed by atoms with E-state index < -0.39 is 0 Å². The highest BCUT2D eigenvalue weighted by molar-refractivity contribution is 6.31. The Labute approximate surface area is 154 Å². The van der Waals surface area contributed by atoms with Crippen molar-refractivity contribution in [3.8, 4) is 5.69 Å². The summed E-state index contributed by atoms with van der Waals surface area (Å²) in [5, 5.41) is 13.7. The van der Waals surface area contributed by atoms with Crippen LogP contribution < -0.4 is 0 Å². The molecule has 0 atom stereocenters. The summed E-state index contributed by atoms with van der Waals surface area (Å²) in [5.41, 5.74) is 2.00. The number of hydrogen-bond acceptors (Lipinski definition) is 4. The smallest absolute Gasteiger partial charge is 0.176 e. The van der Waals surface area contributed by atoms with Gasteiger partial charge in [0.15, 0.2) is 5.82 Å². The molecule has 1 aliphatic carbocycles. The minimum Gasteiger partial charge on any atom is -0.291 e. The second kappa shape index (κ2) is 7.04. The third-order valence-corrected chi connectivity index (χ3v) is 6.34. The zero-order valence-corrected chi connectivity index (χ0v) is 15.7. The number of aryl methyl sites for hydroxylation is 1. The van der Waals surface area contributed by atoms with Crippen LogP contribution in [-0.4, -0.2) is 38.2 Å². The molecule has 0 spiro atoms. The first-order valence-corrected chi connectivity index (χ1v) is 9.89. The van der Waals surface area contributed by atoms with Gasteiger partial charge in [0.2, 0.25) is 0 Å². The molecule has 1 aromatic carbocycles. The fourth-order valence-corrected chi connectivity index (χ4v) is 4.68. The standard InChI is InChI=1S/C19H26ClN5/c1-15-8-9-16(14-17(15)20)25-18(21-22-23-25)19(10-4-2-5-11-19)24-12-6-3-7-13-24/h8-9,14H,2-7,10-13H2,1H3. The first-order chi connectivity index (χ1) is 12.2. The van der Waals surface area contributed by atoms with Gasteiger partial charge in [0.25, 0.3) is 0 Å². The molecule has 0 radical (unpaired) electrons. The van der Waals surface area contributed by atoms with Crippen LogP contribution in [0.4, 0.5) is 0 Å². The summed E-state index contributed by atoms with van der Waals surface area (Å²) < 4.78 is 1.92. The fourth-order valence-electron chi connectivity index (χ4n) is 4.50. The van der Waals surface area contributed by atoms with Crippen molar-refractivity contribution < 1.29 is 0 Å². The maximum absolute atomic E-state index is 6.36. The van der Waals surface area contributed by atoms with Crippen LogP contribution in [0.5, 0.6) is 0 Å². The van der Waals surface area contributed by atoms with Crippen LogP contribution in [0.1, 0.15) is 62.8 Å². The second-order valence-corrected chi connectivity index (χ2v) is 7.89. The molecule has 2 aliphatic rings. The largest absolute Gasteiger partial charge is 0.291 e. The molecule has 2 fully saturated rings. The quantitative estimate of drug-likeness (QED) is 0.821. The van der Waals surface area contributed by atoms with Crippen LogP contribution >= 0.6 is 11.6 Å². The van der Waals surface area contributed by atoms with Crippen LogP contribution in [-0.2, 0) is 5.54 Å². The molecule has 4 rings (SSSR count). The van der Waals surface area contributed by atoms with E-state index in [1.54, 1.807) is 0 Å². The third-order valence-electron chi connectivity index (χ3n) is 5.93. The van der Waals surface area contributed by atoms with Crippen LogP contribution in [0, 0.1) is 6.92 Å². The van der Waals surface area contributed by atoms with Crippen molar-refractivity contribution in [3.63, 3.8) is 0 Å². The highest BCUT2D eigenvalue weighted by Gasteiger charge is 2.44. The highest BCUT2D eigenvalue weighted by Crippen LogP contribution is 2.43. The predicted molar refractivity (Wildman–Crippen MR) is 99.1 cm³/mol. The lowest BCUT2D eigenvalue weighted by molar-refractivity contribution is 0.0213. The average molecular weight is 360 g/mol. The van der Waals surface area contributed by atoms with E-state index in [-0.39, 0.29) is 5.54 Å². The van der Waals surface area contributed by atoms with Gasteiger partial charge in [-0.2, -0.15) is 4.68 Å². The molecule has 6 heteroatoms. The summed E-state index contributed by atoms with van der Waals surface area (Å²) in [6, 6.07) is 6.08. The molecule has 134 valence electrons. The van der Waals surface area contributed by atoms with Crippen molar-refractivity contribution in [1.29, 1.82) is 0 Å². The van der Waals surface area contributed by atoms with Crippen LogP contribution in [0.15, 0.2) is 18.2 Å². The van der Waals surface area contributed by atoms with Crippen molar-refractivity contribution in [1.82, 2.24) is 25.1 Å². The van der Waals surface area contributed by atoms with Gasteiger partial charge in [-0.3, -0.25) is 4.90 Å². The van der Waals surface area contributed by atoms with E-state index in [9.17, 15) is 0 Å². The number of aromatic nitrogens is 4. The monoisotopic (exact) mass is 359 g/mol. The first-order valence-electron chi connectivity index (χ1n) is 9.51. The van der Waals surface area contributed by atoms with Gasteiger partial charge in [-0.25, -0.2) is 0 Å². The molecule has 1 aromatic heterocycles. The summed E-state index contributed by atoms with van der Waals surface area (Å²) in [5.74, 6) is 0.994. The number of likely N-dealkylation sites (tertiary alicyclic amines) is 1. The maximum atomic E-state index is 6.36. The molecule has 1 saturated carbocycles. The number of nitrogens with zero attached hydrogens (tertiary/aromatic N) is 5. The summed E-state index contributed by atoms with van der Waals surface area (Å²) >= 11 is 6.36. The lowest BCUT2D eigenvalue weighted by atomic mass is 9.78. The molecule has 1 aliphatic heterocycles. The van der Waals surface area contributed by atoms with E-state index >= 15 is 0 Å². The average Bonchev–Trinajstić information content (AvgIpc) is 3.16. The Balaban J connectivity index is 1.78. The molecule has 25 heavy (non-hydrogen) atoms. The molecular formula is C19H26ClN5. The molecule has 0 unspecified atom stereocenters. The number of tetrazole rings is 1. The van der Waals surface area contributed by atoms with E-state index in [4.69, 9.17) is 11.6 Å². The van der Waals surface area contributed by atoms with Gasteiger partial charge in [-0.1, -0.05) is 43.4 Å². The van der Waals surface area contributed by atoms with Gasteiger partial charge in [0, 0.05) is 5.02 Å². The Morgan fingerprint density at radius 2 is 1.72 bits per heavy atom. The van der Waals surface area contributed by atoms with Crippen LogP contribution in [0.2, 0.25) is 5.02 Å². The number of hydrogen-bond donors (Lipinski definition) is 0. The molecule has 2 heterocycles. The van der Waals surface area contributed by atoms with Crippen molar-refractivity contribution in [3.05, 3.63) is 34.6 Å². The molecule has 1 saturated heterocycles. The summed E-state index contributed by atoms with van der Waals surface area (Å²) in [6.07, 6.45) is 9.99. The minimum absolute atomic E-state index is 0.0282. The van der Waals surface area contributed by atoms with Crippen molar-refractivity contribution in [2.24, 2.45) is 0 Å². The first kappa shape index (κ1) is 17.0. The Kier molecular flexibility index (Phi) is 4.78. The summed E-state index contributed by atoms with van der Waals surface area (Å²) in [7, 11) is 0. The second-order valence-electron chi connectivity index (χ2n) is 7.49. The Hall–Kier alpha value is -1.46. The molecular weight excluding hydrogens is 334 g/mol. The van der Waals surface area contributed by atoms with Crippen LogP contribution in [0.3, 0.4) is 0 Å². The van der Waals surface area contributed by atoms with Crippen molar-refractivity contribution in [2.75, 3.05) is 13.1 Å². The molecule has 0 amide bonds. The van der Waals surface area contributed by atoms with Crippen molar-refractivity contribution in [2.45, 2.75) is 63.8 Å². The van der Waals surface area contributed by atoms with Gasteiger partial charge in [0.1, 0.15) is 0 Å². The SMILES string of the molecule is Cc1ccc(-n2nnnc2C2(N3CCCCC3)CCCCC2)cc1Cl. The fraction of sp³-hybridized carbons (Fsp3) is 0.632. The minimum atomic E-state index is -0.0282. The van der Waals surface area contributed by atoms with Gasteiger partial charge < -0.3 is 0 Å². The Morgan fingerprint density at radius 3 is 2.44 bits per heavy atom. The Bertz CT molecular complexity index is 729. The number of halogens is 1. The summed E-state index contributed by atoms with van der Waals surface area (Å²) in [6.45, 7) is 4.33. The topological polar surface area (TPSA) is 46.8 Å². The summed E-state index contributed by atoms with van der Waals surface area (Å²) in [4.78, 5) is 2.66. The molecule has 0 bridgehead atoms. The lowest BCUT2D eigenvalue weighted by Crippen LogP contribution is -2.51. The normalized spacial score (nSPS) is 21.4. The van der Waals surface area contributed by atoms with E-state index in [1.165, 1.54) is 38.5 Å². The number of piperidine rings is 1. The van der Waals surface area contributed by atoms with E-state index in [1.807, 2.05) is 23.7 Å². The third kappa shape index (κ3) is 3.08. The van der Waals surface area contributed by atoms with E-state index in [2.05, 4.69) is 26.5 Å². The zero-order valence-electron chi connectivity index (χ0n) is 14.9. The van der Waals surface area contributed by atoms with Gasteiger partial charge in [0.05, 0.1) is 11.2 Å². The highest BCUT2D eigenvalue weighted by atomic mass is 35.5. The Morgan fingerprint density at radius 1 is 1.00 bits per heavy atom. The van der Waals surface area contributed by atoms with Gasteiger partial charge >= 0.3 is 0 Å².